The van der Waals surface area contributed by atoms with Crippen molar-refractivity contribution in [1.29, 1.82) is 0 Å². The summed E-state index contributed by atoms with van der Waals surface area (Å²) in [4.78, 5) is 25.2. The van der Waals surface area contributed by atoms with E-state index in [0.29, 0.717) is 17.4 Å². The van der Waals surface area contributed by atoms with Crippen molar-refractivity contribution in [1.82, 2.24) is 0 Å². The van der Waals surface area contributed by atoms with Crippen LogP contribution in [0, 0.1) is 25.7 Å². The second-order valence-corrected chi connectivity index (χ2v) is 8.02. The molecule has 1 fully saturated rings. The van der Waals surface area contributed by atoms with Gasteiger partial charge in [0.1, 0.15) is 0 Å². The number of amides is 2. The lowest BCUT2D eigenvalue weighted by Gasteiger charge is -2.16. The van der Waals surface area contributed by atoms with Crippen molar-refractivity contribution in [3.05, 3.63) is 58.1 Å². The first-order chi connectivity index (χ1) is 12.8. The molecule has 2 aromatic rings. The summed E-state index contributed by atoms with van der Waals surface area (Å²) in [5.41, 5.74) is 4.65. The van der Waals surface area contributed by atoms with Crippen LogP contribution in [0.15, 0.2) is 36.4 Å². The third-order valence-electron chi connectivity index (χ3n) is 5.09. The minimum Gasteiger partial charge on any atom is -0.326 e. The highest BCUT2D eigenvalue weighted by atomic mass is 35.5. The molecule has 142 valence electrons. The monoisotopic (exact) mass is 384 g/mol. The Morgan fingerprint density at radius 2 is 1.67 bits per heavy atom. The van der Waals surface area contributed by atoms with Crippen LogP contribution in [-0.4, -0.2) is 11.8 Å². The smallest absolute Gasteiger partial charge is 0.228 e. The summed E-state index contributed by atoms with van der Waals surface area (Å²) in [7, 11) is 0. The number of nitrogens with one attached hydrogen (secondary N) is 2. The quantitative estimate of drug-likeness (QED) is 0.735. The van der Waals surface area contributed by atoms with E-state index in [0.717, 1.165) is 28.1 Å². The molecule has 1 aliphatic rings. The van der Waals surface area contributed by atoms with Gasteiger partial charge in [-0.15, -0.1) is 0 Å². The summed E-state index contributed by atoms with van der Waals surface area (Å²) in [5, 5.41) is 6.60. The summed E-state index contributed by atoms with van der Waals surface area (Å²) >= 11 is 5.95. The zero-order valence-electron chi connectivity index (χ0n) is 16.1. The van der Waals surface area contributed by atoms with Crippen LogP contribution in [0.4, 0.5) is 11.4 Å². The first-order valence-corrected chi connectivity index (χ1v) is 9.63. The van der Waals surface area contributed by atoms with Crippen molar-refractivity contribution < 1.29 is 9.59 Å². The number of anilines is 2. The molecule has 0 aliphatic heterocycles. The van der Waals surface area contributed by atoms with E-state index in [1.54, 1.807) is 18.2 Å². The number of benzene rings is 2. The number of carbonyl (C=O) groups excluding carboxylic acids is 2. The Morgan fingerprint density at radius 3 is 2.30 bits per heavy atom. The first-order valence-electron chi connectivity index (χ1n) is 9.25. The van der Waals surface area contributed by atoms with Gasteiger partial charge in [-0.3, -0.25) is 9.59 Å². The second-order valence-electron chi connectivity index (χ2n) is 7.58. The Bertz CT molecular complexity index is 892. The Balaban J connectivity index is 1.65. The van der Waals surface area contributed by atoms with Crippen molar-refractivity contribution in [3.8, 4) is 0 Å². The summed E-state index contributed by atoms with van der Waals surface area (Å²) in [6, 6.07) is 11.4. The zero-order chi connectivity index (χ0) is 19.7. The van der Waals surface area contributed by atoms with Crippen molar-refractivity contribution in [2.45, 2.75) is 40.0 Å². The second kappa shape index (κ2) is 7.73. The molecule has 2 atom stereocenters. The van der Waals surface area contributed by atoms with Gasteiger partial charge >= 0.3 is 0 Å². The van der Waals surface area contributed by atoms with Crippen LogP contribution < -0.4 is 10.6 Å². The lowest BCUT2D eigenvalue weighted by molar-refractivity contribution is -0.122. The summed E-state index contributed by atoms with van der Waals surface area (Å²) < 4.78 is 0. The fourth-order valence-corrected chi connectivity index (χ4v) is 3.55. The Morgan fingerprint density at radius 1 is 1.00 bits per heavy atom. The van der Waals surface area contributed by atoms with Crippen LogP contribution >= 0.6 is 11.6 Å². The molecule has 0 radical (unpaired) electrons. The van der Waals surface area contributed by atoms with Crippen molar-refractivity contribution in [2.24, 2.45) is 11.8 Å². The van der Waals surface area contributed by atoms with Gasteiger partial charge in [-0.1, -0.05) is 43.6 Å². The normalized spacial score (nSPS) is 18.3. The third-order valence-corrected chi connectivity index (χ3v) is 5.32. The van der Waals surface area contributed by atoms with Crippen LogP contribution in [-0.2, 0) is 9.59 Å². The fraction of sp³-hybridized carbons (Fsp3) is 0.364. The lowest BCUT2D eigenvalue weighted by atomic mass is 9.98. The predicted molar refractivity (Wildman–Crippen MR) is 110 cm³/mol. The average molecular weight is 385 g/mol. The molecule has 0 spiro atoms. The van der Waals surface area contributed by atoms with E-state index in [9.17, 15) is 9.59 Å². The molecular formula is C22H25ClN2O2. The highest BCUT2D eigenvalue weighted by molar-refractivity contribution is 6.30. The molecule has 1 saturated carbocycles. The number of aryl methyl sites for hydroxylation is 2. The lowest BCUT2D eigenvalue weighted by Crippen LogP contribution is -2.21. The number of hydrogen-bond acceptors (Lipinski definition) is 2. The van der Waals surface area contributed by atoms with Crippen LogP contribution in [0.1, 0.15) is 42.9 Å². The van der Waals surface area contributed by atoms with Gasteiger partial charge in [0.05, 0.1) is 11.8 Å². The molecule has 2 N–H and O–H groups in total. The highest BCUT2D eigenvalue weighted by Crippen LogP contribution is 2.41. The standard InChI is InChI=1S/C22H25ClN2O2/c1-12(2)16-7-5-6-13(3)20(16)25-22(27)18-11-17(18)21(26)24-19-9-8-15(23)10-14(19)4/h5-10,12,17-18H,11H2,1-4H3,(H,24,26)(H,25,27). The molecule has 0 heterocycles. The maximum Gasteiger partial charge on any atom is 0.228 e. The van der Waals surface area contributed by atoms with E-state index >= 15 is 0 Å². The van der Waals surface area contributed by atoms with Gasteiger partial charge in [-0.25, -0.2) is 0 Å². The molecule has 2 unspecified atom stereocenters. The van der Waals surface area contributed by atoms with Gasteiger partial charge in [0.25, 0.3) is 0 Å². The fourth-order valence-electron chi connectivity index (χ4n) is 3.33. The van der Waals surface area contributed by atoms with E-state index in [1.165, 1.54) is 0 Å². The van der Waals surface area contributed by atoms with E-state index in [2.05, 4.69) is 24.5 Å². The maximum atomic E-state index is 12.7. The molecular weight excluding hydrogens is 360 g/mol. The Hall–Kier alpha value is -2.33. The van der Waals surface area contributed by atoms with Gasteiger partial charge in [0.15, 0.2) is 0 Å². The number of halogens is 1. The van der Waals surface area contributed by atoms with Gasteiger partial charge in [0.2, 0.25) is 11.8 Å². The van der Waals surface area contributed by atoms with Crippen LogP contribution in [0.2, 0.25) is 5.02 Å². The number of para-hydroxylation sites is 1. The van der Waals surface area contributed by atoms with Gasteiger partial charge < -0.3 is 10.6 Å². The molecule has 5 heteroatoms. The van der Waals surface area contributed by atoms with Gasteiger partial charge in [-0.2, -0.15) is 0 Å². The molecule has 4 nitrogen and oxygen atoms in total. The van der Waals surface area contributed by atoms with E-state index in [-0.39, 0.29) is 23.7 Å². The maximum absolute atomic E-state index is 12.7. The highest BCUT2D eigenvalue weighted by Gasteiger charge is 2.48. The third kappa shape index (κ3) is 4.33. The summed E-state index contributed by atoms with van der Waals surface area (Å²) in [6.45, 7) is 8.09. The molecule has 0 saturated heterocycles. The Labute approximate surface area is 165 Å². The SMILES string of the molecule is Cc1cc(Cl)ccc1NC(=O)C1CC1C(=O)Nc1c(C)cccc1C(C)C. The minimum atomic E-state index is -0.286. The number of hydrogen-bond donors (Lipinski definition) is 2. The average Bonchev–Trinajstić information content (AvgIpc) is 3.39. The molecule has 2 amide bonds. The van der Waals surface area contributed by atoms with Crippen molar-refractivity contribution >= 4 is 34.8 Å². The Kier molecular flexibility index (Phi) is 5.56. The van der Waals surface area contributed by atoms with Crippen molar-refractivity contribution in [2.75, 3.05) is 10.6 Å². The van der Waals surface area contributed by atoms with E-state index < -0.39 is 0 Å². The molecule has 0 bridgehead atoms. The van der Waals surface area contributed by atoms with E-state index in [1.807, 2.05) is 32.0 Å². The van der Waals surface area contributed by atoms with E-state index in [4.69, 9.17) is 11.6 Å². The first kappa shape index (κ1) is 19.4. The van der Waals surface area contributed by atoms with Crippen LogP contribution in [0.25, 0.3) is 0 Å². The molecule has 2 aromatic carbocycles. The number of rotatable bonds is 5. The molecule has 27 heavy (non-hydrogen) atoms. The molecule has 0 aromatic heterocycles. The zero-order valence-corrected chi connectivity index (χ0v) is 16.9. The molecule has 1 aliphatic carbocycles. The summed E-state index contributed by atoms with van der Waals surface area (Å²) in [6.07, 6.45) is 0.577. The van der Waals surface area contributed by atoms with Gasteiger partial charge in [-0.05, 0) is 61.1 Å². The van der Waals surface area contributed by atoms with Crippen molar-refractivity contribution in [3.63, 3.8) is 0 Å². The summed E-state index contributed by atoms with van der Waals surface area (Å²) in [5.74, 6) is -0.455. The largest absolute Gasteiger partial charge is 0.326 e. The minimum absolute atomic E-state index is 0.0841. The topological polar surface area (TPSA) is 58.2 Å². The van der Waals surface area contributed by atoms with Gasteiger partial charge in [0, 0.05) is 16.4 Å². The van der Waals surface area contributed by atoms with Crippen LogP contribution in [0.5, 0.6) is 0 Å². The molecule has 3 rings (SSSR count). The number of carbonyl (C=O) groups is 2. The predicted octanol–water partition coefficient (Wildman–Crippen LogP) is 5.29. The van der Waals surface area contributed by atoms with Crippen LogP contribution in [0.3, 0.4) is 0 Å².